The minimum absolute atomic E-state index is 0.144. The van der Waals surface area contributed by atoms with Crippen molar-refractivity contribution in [3.8, 4) is 11.8 Å². The monoisotopic (exact) mass is 606 g/mol. The predicted molar refractivity (Wildman–Crippen MR) is 163 cm³/mol. The van der Waals surface area contributed by atoms with E-state index in [2.05, 4.69) is 27.6 Å². The van der Waals surface area contributed by atoms with Gasteiger partial charge in [-0.05, 0) is 24.1 Å². The van der Waals surface area contributed by atoms with Crippen LogP contribution in [0.4, 0.5) is 0 Å². The molecule has 42 heavy (non-hydrogen) atoms. The first-order valence-electron chi connectivity index (χ1n) is 15.7. The molecule has 0 saturated carbocycles. The molecule has 1 aromatic heterocycles. The van der Waals surface area contributed by atoms with Crippen molar-refractivity contribution in [2.75, 3.05) is 19.8 Å². The number of hydrogen-bond acceptors (Lipinski definition) is 7. The Bertz CT molecular complexity index is 1040. The third kappa shape index (κ3) is 17.1. The van der Waals surface area contributed by atoms with Gasteiger partial charge < -0.3 is 19.3 Å². The number of unbranched alkanes of at least 4 members (excludes halogenated alkanes) is 15. The maximum atomic E-state index is 11.2. The van der Waals surface area contributed by atoms with Gasteiger partial charge in [0.25, 0.3) is 0 Å². The normalized spacial score (nSPS) is 12.4. The number of phosphoric acid groups is 1. The lowest BCUT2D eigenvalue weighted by molar-refractivity contribution is -0.0493. The first-order valence-corrected chi connectivity index (χ1v) is 17.2. The molecule has 0 saturated heterocycles. The van der Waals surface area contributed by atoms with E-state index in [0.29, 0.717) is 17.9 Å². The topological polar surface area (TPSA) is 140 Å². The van der Waals surface area contributed by atoms with Gasteiger partial charge in [-0.1, -0.05) is 109 Å². The van der Waals surface area contributed by atoms with Crippen molar-refractivity contribution in [2.24, 2.45) is 0 Å². The van der Waals surface area contributed by atoms with E-state index in [4.69, 9.17) is 19.3 Å². The predicted octanol–water partition coefficient (Wildman–Crippen LogP) is 7.41. The molecule has 0 radical (unpaired) electrons. The molecule has 0 fully saturated rings. The van der Waals surface area contributed by atoms with E-state index in [1.807, 2.05) is 0 Å². The molecule has 1 heterocycles. The van der Waals surface area contributed by atoms with Gasteiger partial charge >= 0.3 is 7.82 Å². The van der Waals surface area contributed by atoms with Crippen LogP contribution in [0.25, 0.3) is 5.69 Å². The van der Waals surface area contributed by atoms with E-state index < -0.39 is 13.9 Å². The largest absolute Gasteiger partial charge is 0.469 e. The quantitative estimate of drug-likeness (QED) is 0.0827. The summed E-state index contributed by atoms with van der Waals surface area (Å²) in [5.41, 5.74) is 1.77. The van der Waals surface area contributed by atoms with Gasteiger partial charge in [-0.15, -0.1) is 0 Å². The first kappa shape index (κ1) is 36.1. The highest BCUT2D eigenvalue weighted by atomic mass is 31.2. The highest BCUT2D eigenvalue weighted by Crippen LogP contribution is 2.36. The highest BCUT2D eigenvalue weighted by Gasteiger charge is 2.19. The average Bonchev–Trinajstić information content (AvgIpc) is 3.52. The number of ether oxygens (including phenoxy) is 2. The van der Waals surface area contributed by atoms with Crippen LogP contribution in [-0.2, 0) is 25.2 Å². The summed E-state index contributed by atoms with van der Waals surface area (Å²) in [7, 11) is -4.64. The Labute approximate surface area is 252 Å². The third-order valence-electron chi connectivity index (χ3n) is 7.21. The Morgan fingerprint density at radius 1 is 0.905 bits per heavy atom. The SMILES string of the molecule is CCCCCCCCCCCCCCCCCCOCC(COP(=O)(O)O)OCc1ccc(C#N)c(-n2cncn2)c1. The fourth-order valence-corrected chi connectivity index (χ4v) is 5.15. The molecular weight excluding hydrogens is 555 g/mol. The molecule has 2 rings (SSSR count). The standard InChI is InChI=1S/C31H51N4O6P/c1-2-3-4-5-6-7-8-9-10-11-12-13-14-15-16-17-20-39-24-30(25-41-42(36,37)38)40-23-28-18-19-29(22-32)31(21-28)35-27-33-26-34-35/h18-19,21,26-27,30H,2-17,20,23-25H2,1H3,(H2,36,37,38). The highest BCUT2D eigenvalue weighted by molar-refractivity contribution is 7.46. The zero-order chi connectivity index (χ0) is 30.3. The summed E-state index contributed by atoms with van der Waals surface area (Å²) in [5.74, 6) is 0. The van der Waals surface area contributed by atoms with E-state index >= 15 is 0 Å². The van der Waals surface area contributed by atoms with Crippen molar-refractivity contribution >= 4 is 7.82 Å². The second-order valence-corrected chi connectivity index (χ2v) is 12.1. The molecule has 1 unspecified atom stereocenters. The molecule has 2 aromatic rings. The number of aromatic nitrogens is 3. The van der Waals surface area contributed by atoms with E-state index in [0.717, 1.165) is 18.4 Å². The van der Waals surface area contributed by atoms with Gasteiger partial charge in [0.2, 0.25) is 0 Å². The Morgan fingerprint density at radius 3 is 2.02 bits per heavy atom. The minimum Gasteiger partial charge on any atom is -0.379 e. The van der Waals surface area contributed by atoms with E-state index in [1.165, 1.54) is 107 Å². The number of nitrogens with zero attached hydrogens (tertiary/aromatic N) is 4. The van der Waals surface area contributed by atoms with Crippen LogP contribution >= 0.6 is 7.82 Å². The molecule has 11 heteroatoms. The Morgan fingerprint density at radius 2 is 1.50 bits per heavy atom. The molecule has 2 N–H and O–H groups in total. The zero-order valence-electron chi connectivity index (χ0n) is 25.4. The Hall–Kier alpha value is -2.12. The van der Waals surface area contributed by atoms with Gasteiger partial charge in [0.15, 0.2) is 0 Å². The fraction of sp³-hybridized carbons (Fsp3) is 0.710. The average molecular weight is 607 g/mol. The van der Waals surface area contributed by atoms with Crippen molar-refractivity contribution in [1.29, 1.82) is 5.26 Å². The van der Waals surface area contributed by atoms with E-state index in [1.54, 1.807) is 18.2 Å². The molecule has 0 aliphatic heterocycles. The fourth-order valence-electron chi connectivity index (χ4n) is 4.79. The number of rotatable bonds is 26. The van der Waals surface area contributed by atoms with Crippen LogP contribution in [0.15, 0.2) is 30.9 Å². The smallest absolute Gasteiger partial charge is 0.379 e. The molecule has 0 aliphatic carbocycles. The molecule has 0 bridgehead atoms. The molecule has 236 valence electrons. The summed E-state index contributed by atoms with van der Waals surface area (Å²) in [5, 5.41) is 13.5. The Balaban J connectivity index is 1.57. The van der Waals surface area contributed by atoms with Crippen LogP contribution in [-0.4, -0.2) is 50.5 Å². The lowest BCUT2D eigenvalue weighted by Gasteiger charge is -2.19. The Kier molecular flexibility index (Phi) is 19.3. The molecule has 0 amide bonds. The zero-order valence-corrected chi connectivity index (χ0v) is 26.3. The van der Waals surface area contributed by atoms with E-state index in [-0.39, 0.29) is 19.8 Å². The molecule has 0 spiro atoms. The van der Waals surface area contributed by atoms with Crippen LogP contribution in [0, 0.1) is 11.3 Å². The summed E-state index contributed by atoms with van der Waals surface area (Å²) in [4.78, 5) is 22.2. The first-order chi connectivity index (χ1) is 20.4. The summed E-state index contributed by atoms with van der Waals surface area (Å²) in [6.45, 7) is 2.83. The van der Waals surface area contributed by atoms with Crippen molar-refractivity contribution in [3.63, 3.8) is 0 Å². The lowest BCUT2D eigenvalue weighted by Crippen LogP contribution is -2.25. The van der Waals surface area contributed by atoms with Crippen molar-refractivity contribution in [3.05, 3.63) is 42.0 Å². The summed E-state index contributed by atoms with van der Waals surface area (Å²) in [6.07, 6.45) is 23.1. The van der Waals surface area contributed by atoms with Crippen LogP contribution in [0.2, 0.25) is 0 Å². The minimum atomic E-state index is -4.64. The molecule has 10 nitrogen and oxygen atoms in total. The third-order valence-corrected chi connectivity index (χ3v) is 7.69. The molecule has 0 aliphatic rings. The summed E-state index contributed by atoms with van der Waals surface area (Å²) in [6, 6.07) is 7.33. The maximum Gasteiger partial charge on any atom is 0.469 e. The second-order valence-electron chi connectivity index (χ2n) is 10.9. The maximum absolute atomic E-state index is 11.2. The van der Waals surface area contributed by atoms with Crippen molar-refractivity contribution in [2.45, 2.75) is 122 Å². The number of hydrogen-bond donors (Lipinski definition) is 2. The van der Waals surface area contributed by atoms with Crippen molar-refractivity contribution < 1.29 is 28.3 Å². The summed E-state index contributed by atoms with van der Waals surface area (Å²) >= 11 is 0. The van der Waals surface area contributed by atoms with Crippen molar-refractivity contribution in [1.82, 2.24) is 14.8 Å². The van der Waals surface area contributed by atoms with Gasteiger partial charge in [0.05, 0.1) is 31.1 Å². The summed E-state index contributed by atoms with van der Waals surface area (Å²) < 4.78 is 29.1. The molecule has 1 aromatic carbocycles. The van der Waals surface area contributed by atoms with Gasteiger partial charge in [-0.2, -0.15) is 10.4 Å². The van der Waals surface area contributed by atoms with Gasteiger partial charge in [0, 0.05) is 6.61 Å². The van der Waals surface area contributed by atoms with Gasteiger partial charge in [-0.3, -0.25) is 4.52 Å². The molecule has 1 atom stereocenters. The van der Waals surface area contributed by atoms with Crippen LogP contribution in [0.5, 0.6) is 0 Å². The van der Waals surface area contributed by atoms with Crippen LogP contribution < -0.4 is 0 Å². The number of nitriles is 1. The lowest BCUT2D eigenvalue weighted by atomic mass is 10.0. The second kappa shape index (κ2) is 22.4. The number of phosphoric ester groups is 1. The molecular formula is C31H51N4O6P. The van der Waals surface area contributed by atoms with Gasteiger partial charge in [-0.25, -0.2) is 14.2 Å². The number of benzene rings is 1. The van der Waals surface area contributed by atoms with Gasteiger partial charge in [0.1, 0.15) is 24.8 Å². The van der Waals surface area contributed by atoms with Crippen LogP contribution in [0.3, 0.4) is 0 Å². The van der Waals surface area contributed by atoms with E-state index in [9.17, 15) is 9.83 Å². The van der Waals surface area contributed by atoms with Crippen LogP contribution in [0.1, 0.15) is 121 Å².